The molecule has 0 amide bonds. The van der Waals surface area contributed by atoms with E-state index in [9.17, 15) is 0 Å². The Morgan fingerprint density at radius 2 is 1.93 bits per heavy atom. The molecule has 0 spiro atoms. The number of hydrogen-bond acceptors (Lipinski definition) is 7. The third-order valence-corrected chi connectivity index (χ3v) is 6.73. The van der Waals surface area contributed by atoms with Crippen LogP contribution in [0.3, 0.4) is 0 Å². The molecule has 0 bridgehead atoms. The van der Waals surface area contributed by atoms with E-state index in [0.717, 1.165) is 31.8 Å². The SMILES string of the molecule is Cc1ccc(Nc2nn(CN(C)Cc3nc4ccccc4s3)c(=S)s2)cc1C. The fourth-order valence-electron chi connectivity index (χ4n) is 2.89. The summed E-state index contributed by atoms with van der Waals surface area (Å²) >= 11 is 8.73. The van der Waals surface area contributed by atoms with Crippen molar-refractivity contribution >= 4 is 55.9 Å². The third-order valence-electron chi connectivity index (χ3n) is 4.48. The quantitative estimate of drug-likeness (QED) is 0.398. The van der Waals surface area contributed by atoms with Crippen molar-refractivity contribution in [2.24, 2.45) is 0 Å². The van der Waals surface area contributed by atoms with E-state index in [2.05, 4.69) is 66.5 Å². The number of para-hydroxylation sites is 1. The van der Waals surface area contributed by atoms with Crippen LogP contribution in [-0.2, 0) is 13.2 Å². The lowest BCUT2D eigenvalue weighted by molar-refractivity contribution is 0.245. The van der Waals surface area contributed by atoms with Crippen LogP contribution in [0.4, 0.5) is 10.8 Å². The number of aryl methyl sites for hydroxylation is 2. The van der Waals surface area contributed by atoms with Gasteiger partial charge in [-0.2, -0.15) is 0 Å². The summed E-state index contributed by atoms with van der Waals surface area (Å²) < 4.78 is 3.83. The lowest BCUT2D eigenvalue weighted by atomic mass is 10.1. The van der Waals surface area contributed by atoms with Crippen molar-refractivity contribution in [2.45, 2.75) is 27.1 Å². The number of fused-ring (bicyclic) bond motifs is 1. The van der Waals surface area contributed by atoms with E-state index in [1.165, 1.54) is 27.2 Å². The molecular formula is C20H21N5S3. The third kappa shape index (κ3) is 4.30. The molecule has 1 N–H and O–H groups in total. The van der Waals surface area contributed by atoms with E-state index >= 15 is 0 Å². The van der Waals surface area contributed by atoms with Crippen LogP contribution in [0.25, 0.3) is 10.2 Å². The number of nitrogens with one attached hydrogen (secondary N) is 1. The topological polar surface area (TPSA) is 46.0 Å². The fourth-order valence-corrected chi connectivity index (χ4v) is 4.95. The zero-order chi connectivity index (χ0) is 19.7. The van der Waals surface area contributed by atoms with Gasteiger partial charge >= 0.3 is 0 Å². The first-order valence-electron chi connectivity index (χ1n) is 8.93. The smallest absolute Gasteiger partial charge is 0.209 e. The Balaban J connectivity index is 1.44. The number of hydrogen-bond donors (Lipinski definition) is 1. The van der Waals surface area contributed by atoms with Crippen LogP contribution >= 0.6 is 34.9 Å². The normalized spacial score (nSPS) is 11.4. The van der Waals surface area contributed by atoms with Gasteiger partial charge in [0.05, 0.1) is 23.4 Å². The van der Waals surface area contributed by atoms with Crippen molar-refractivity contribution in [2.75, 3.05) is 12.4 Å². The monoisotopic (exact) mass is 427 g/mol. The minimum Gasteiger partial charge on any atom is -0.330 e. The Bertz CT molecular complexity index is 1140. The molecule has 0 unspecified atom stereocenters. The van der Waals surface area contributed by atoms with E-state index in [4.69, 9.17) is 17.2 Å². The molecule has 8 heteroatoms. The summed E-state index contributed by atoms with van der Waals surface area (Å²) in [6.07, 6.45) is 0. The van der Waals surface area contributed by atoms with Gasteiger partial charge in [-0.05, 0) is 68.5 Å². The largest absolute Gasteiger partial charge is 0.330 e. The summed E-state index contributed by atoms with van der Waals surface area (Å²) in [5.74, 6) is 0. The van der Waals surface area contributed by atoms with E-state index < -0.39 is 0 Å². The zero-order valence-electron chi connectivity index (χ0n) is 16.0. The van der Waals surface area contributed by atoms with Gasteiger partial charge in [-0.25, -0.2) is 9.67 Å². The fraction of sp³-hybridized carbons (Fsp3) is 0.250. The Labute approximate surface area is 177 Å². The summed E-state index contributed by atoms with van der Waals surface area (Å²) in [5, 5.41) is 9.91. The summed E-state index contributed by atoms with van der Waals surface area (Å²) in [7, 11) is 2.06. The molecule has 0 fully saturated rings. The van der Waals surface area contributed by atoms with E-state index in [-0.39, 0.29) is 0 Å². The molecular weight excluding hydrogens is 406 g/mol. The predicted octanol–water partition coefficient (Wildman–Crippen LogP) is 5.73. The molecule has 0 saturated carbocycles. The van der Waals surface area contributed by atoms with Crippen LogP contribution in [-0.4, -0.2) is 26.7 Å². The Kier molecular flexibility index (Phi) is 5.54. The van der Waals surface area contributed by atoms with Gasteiger partial charge in [-0.15, -0.1) is 16.4 Å². The van der Waals surface area contributed by atoms with Gasteiger partial charge in [-0.1, -0.05) is 29.5 Å². The van der Waals surface area contributed by atoms with Gasteiger partial charge in [0.2, 0.25) is 5.13 Å². The van der Waals surface area contributed by atoms with Crippen molar-refractivity contribution in [1.29, 1.82) is 0 Å². The highest BCUT2D eigenvalue weighted by Crippen LogP contribution is 2.24. The first kappa shape index (κ1) is 19.2. The number of benzene rings is 2. The molecule has 0 saturated heterocycles. The Morgan fingerprint density at radius 3 is 2.71 bits per heavy atom. The van der Waals surface area contributed by atoms with Gasteiger partial charge in [-0.3, -0.25) is 4.90 Å². The molecule has 28 heavy (non-hydrogen) atoms. The van der Waals surface area contributed by atoms with E-state index in [0.29, 0.717) is 6.67 Å². The molecule has 0 radical (unpaired) electrons. The average Bonchev–Trinajstić information content (AvgIpc) is 3.20. The van der Waals surface area contributed by atoms with Crippen molar-refractivity contribution < 1.29 is 0 Å². The van der Waals surface area contributed by atoms with E-state index in [1.54, 1.807) is 11.3 Å². The standard InChI is InChI=1S/C20H21N5S3/c1-13-8-9-15(10-14(13)2)21-19-23-25(20(26)28-19)12-24(3)11-18-22-16-6-4-5-7-17(16)27-18/h4-10H,11-12H2,1-3H3,(H,21,23). The van der Waals surface area contributed by atoms with Crippen molar-refractivity contribution in [1.82, 2.24) is 19.7 Å². The van der Waals surface area contributed by atoms with Gasteiger partial charge in [0.1, 0.15) is 5.01 Å². The molecule has 5 nitrogen and oxygen atoms in total. The lowest BCUT2D eigenvalue weighted by Crippen LogP contribution is -2.22. The second-order valence-corrected chi connectivity index (χ2v) is 9.57. The first-order valence-corrected chi connectivity index (χ1v) is 11.0. The second kappa shape index (κ2) is 8.08. The minimum atomic E-state index is 0.625. The lowest BCUT2D eigenvalue weighted by Gasteiger charge is -2.14. The van der Waals surface area contributed by atoms with Crippen LogP contribution in [0.5, 0.6) is 0 Å². The number of anilines is 2. The van der Waals surface area contributed by atoms with Gasteiger partial charge < -0.3 is 5.32 Å². The van der Waals surface area contributed by atoms with Crippen LogP contribution in [0.15, 0.2) is 42.5 Å². The highest BCUT2D eigenvalue weighted by atomic mass is 32.1. The van der Waals surface area contributed by atoms with E-state index in [1.807, 2.05) is 16.8 Å². The molecule has 144 valence electrons. The summed E-state index contributed by atoms with van der Waals surface area (Å²) in [4.78, 5) is 6.88. The number of aromatic nitrogens is 3. The maximum absolute atomic E-state index is 5.51. The van der Waals surface area contributed by atoms with Crippen LogP contribution in [0.1, 0.15) is 16.1 Å². The maximum atomic E-state index is 5.51. The Morgan fingerprint density at radius 1 is 1.11 bits per heavy atom. The predicted molar refractivity (Wildman–Crippen MR) is 121 cm³/mol. The van der Waals surface area contributed by atoms with Crippen LogP contribution in [0.2, 0.25) is 0 Å². The van der Waals surface area contributed by atoms with Crippen molar-refractivity contribution in [3.05, 3.63) is 62.6 Å². The number of nitrogens with zero attached hydrogens (tertiary/aromatic N) is 4. The second-order valence-electron chi connectivity index (χ2n) is 6.83. The summed E-state index contributed by atoms with van der Waals surface area (Å²) in [6.45, 7) is 5.61. The Hall–Kier alpha value is -2.13. The molecule has 0 aliphatic carbocycles. The number of thiazole rings is 1. The van der Waals surface area contributed by atoms with Crippen molar-refractivity contribution in [3.8, 4) is 0 Å². The van der Waals surface area contributed by atoms with Gasteiger partial charge in [0, 0.05) is 5.69 Å². The van der Waals surface area contributed by atoms with Gasteiger partial charge in [0.25, 0.3) is 0 Å². The molecule has 4 rings (SSSR count). The molecule has 0 aliphatic heterocycles. The highest BCUT2D eigenvalue weighted by molar-refractivity contribution is 7.73. The molecule has 2 aromatic heterocycles. The highest BCUT2D eigenvalue weighted by Gasteiger charge is 2.10. The van der Waals surface area contributed by atoms with Crippen LogP contribution < -0.4 is 5.32 Å². The van der Waals surface area contributed by atoms with Crippen LogP contribution in [0, 0.1) is 17.8 Å². The molecule has 2 aromatic carbocycles. The zero-order valence-corrected chi connectivity index (χ0v) is 18.4. The average molecular weight is 428 g/mol. The summed E-state index contributed by atoms with van der Waals surface area (Å²) in [5.41, 5.74) is 4.62. The van der Waals surface area contributed by atoms with Crippen molar-refractivity contribution in [3.63, 3.8) is 0 Å². The molecule has 0 aliphatic rings. The number of rotatable bonds is 6. The maximum Gasteiger partial charge on any atom is 0.209 e. The van der Waals surface area contributed by atoms with Gasteiger partial charge in [0.15, 0.2) is 3.95 Å². The molecule has 0 atom stereocenters. The summed E-state index contributed by atoms with van der Waals surface area (Å²) in [6, 6.07) is 14.5. The first-order chi connectivity index (χ1) is 13.5. The molecule has 2 heterocycles. The minimum absolute atomic E-state index is 0.625. The molecule has 4 aromatic rings.